The molecule has 3 atom stereocenters. The lowest BCUT2D eigenvalue weighted by molar-refractivity contribution is -0.167. The van der Waals surface area contributed by atoms with Gasteiger partial charge in [-0.2, -0.15) is 25.3 Å². The molecule has 0 aromatic heterocycles. The van der Waals surface area contributed by atoms with E-state index in [-0.39, 0.29) is 32.5 Å². The van der Waals surface area contributed by atoms with Crippen LogP contribution in [-0.4, -0.2) is 94.4 Å². The van der Waals surface area contributed by atoms with Gasteiger partial charge in [0, 0.05) is 19.3 Å². The molecule has 0 heterocycles. The van der Waals surface area contributed by atoms with E-state index in [1.165, 1.54) is 19.3 Å². The van der Waals surface area contributed by atoms with Crippen LogP contribution in [0.5, 0.6) is 0 Å². The molecule has 0 aliphatic carbocycles. The van der Waals surface area contributed by atoms with Gasteiger partial charge in [-0.15, -0.1) is 0 Å². The predicted octanol–water partition coefficient (Wildman–Crippen LogP) is 15.2. The molecule has 3 N–H and O–H groups in total. The molecule has 464 valence electrons. The molecule has 0 spiro atoms. The minimum Gasteiger partial charge on any atom is -0.462 e. The third-order valence-corrected chi connectivity index (χ3v) is 15.6. The summed E-state index contributed by atoms with van der Waals surface area (Å²) in [6.45, 7) is 5.93. The van der Waals surface area contributed by atoms with Gasteiger partial charge in [-0.1, -0.05) is 233 Å². The van der Waals surface area contributed by atoms with Crippen molar-refractivity contribution in [2.75, 3.05) is 13.2 Å². The van der Waals surface area contributed by atoms with Crippen LogP contribution >= 0.6 is 0 Å². The van der Waals surface area contributed by atoms with Crippen LogP contribution in [0.25, 0.3) is 0 Å². The van der Waals surface area contributed by atoms with E-state index in [0.29, 0.717) is 57.8 Å². The summed E-state index contributed by atoms with van der Waals surface area (Å²) in [5.41, 5.74) is 0. The zero-order chi connectivity index (χ0) is 58.0. The van der Waals surface area contributed by atoms with Gasteiger partial charge in [0.2, 0.25) is 0 Å². The van der Waals surface area contributed by atoms with E-state index in [0.717, 1.165) is 193 Å². The molecule has 0 fully saturated rings. The molecule has 18 nitrogen and oxygen atoms in total. The molecule has 78 heavy (non-hydrogen) atoms. The van der Waals surface area contributed by atoms with Crippen LogP contribution < -0.4 is 0 Å². The summed E-state index contributed by atoms with van der Waals surface area (Å²) in [7, 11) is -13.6. The fraction of sp³-hybridized carbons (Fsp3) is 0.947. The summed E-state index contributed by atoms with van der Waals surface area (Å²) in [5, 5.41) is 0. The van der Waals surface area contributed by atoms with E-state index in [2.05, 4.69) is 20.8 Å². The van der Waals surface area contributed by atoms with Crippen molar-refractivity contribution in [2.45, 2.75) is 334 Å². The van der Waals surface area contributed by atoms with Gasteiger partial charge in [0.15, 0.2) is 6.10 Å². The Morgan fingerprint density at radius 3 is 0.731 bits per heavy atom. The van der Waals surface area contributed by atoms with E-state index in [4.69, 9.17) is 26.8 Å². The Morgan fingerprint density at radius 2 is 0.500 bits per heavy atom. The molecular weight excluding hydrogens is 1070 g/mol. The molecule has 3 unspecified atom stereocenters. The van der Waals surface area contributed by atoms with Crippen LogP contribution in [-0.2, 0) is 72.3 Å². The van der Waals surface area contributed by atoms with E-state index < -0.39 is 73.5 Å². The zero-order valence-electron chi connectivity index (χ0n) is 48.7. The van der Waals surface area contributed by atoms with Gasteiger partial charge in [-0.25, -0.2) is 12.5 Å². The highest BCUT2D eigenvalue weighted by atomic mass is 32.3. The summed E-state index contributed by atoms with van der Waals surface area (Å²) in [5.74, 6) is -1.41. The van der Waals surface area contributed by atoms with Gasteiger partial charge >= 0.3 is 49.1 Å². The maximum absolute atomic E-state index is 13.0. The Labute approximate surface area is 474 Å². The van der Waals surface area contributed by atoms with Gasteiger partial charge in [0.05, 0.1) is 18.3 Å². The highest BCUT2D eigenvalue weighted by molar-refractivity contribution is 7.81. The second-order valence-corrected chi connectivity index (χ2v) is 24.7. The Bertz CT molecular complexity index is 1690. The summed E-state index contributed by atoms with van der Waals surface area (Å²) in [6, 6.07) is 0. The first-order valence-electron chi connectivity index (χ1n) is 30.7. The second-order valence-electron chi connectivity index (χ2n) is 21.6. The molecule has 0 aromatic rings. The molecule has 0 bridgehead atoms. The van der Waals surface area contributed by atoms with Crippen molar-refractivity contribution in [2.24, 2.45) is 0 Å². The van der Waals surface area contributed by atoms with Crippen molar-refractivity contribution >= 4 is 49.1 Å². The summed E-state index contributed by atoms with van der Waals surface area (Å²) < 4.78 is 128. The molecule has 0 aromatic carbocycles. The van der Waals surface area contributed by atoms with Crippen molar-refractivity contribution < 1.29 is 80.1 Å². The number of rotatable bonds is 59. The number of hydrogen-bond donors (Lipinski definition) is 3. The molecule has 0 aliphatic heterocycles. The standard InChI is InChI=1S/C57H110O18S3/c1-4-7-10-13-22-31-40-51(73-76(61,62)63)43-34-25-16-19-28-37-46-55(58)70-49-54(72-57(60)48-39-30-21-18-27-36-45-53(75-78(67,68)69)42-33-24-15-12-9-6-3)50-71-56(59)47-38-29-20-17-26-35-44-52(74-77(64,65)66)41-32-23-14-11-8-5-2/h51-54H,4-50H2,1-3H3,(H,61,62,63)(H,64,65,66)(H,67,68,69). The fourth-order valence-corrected chi connectivity index (χ4v) is 11.2. The van der Waals surface area contributed by atoms with Gasteiger partial charge in [0.25, 0.3) is 0 Å². The number of esters is 3. The number of carbonyl (C=O) groups excluding carboxylic acids is 3. The van der Waals surface area contributed by atoms with Gasteiger partial charge in [-0.3, -0.25) is 28.0 Å². The molecule has 0 amide bonds. The predicted molar refractivity (Wildman–Crippen MR) is 306 cm³/mol. The number of unbranched alkanes of at least 4 members (excludes halogenated alkanes) is 30. The SMILES string of the molecule is CCCCCCCCC(CCCCCCCCC(=O)OCC(COC(=O)CCCCCCCCC(CCCCCCCC)OS(=O)(=O)O)OC(=O)CCCCCCCCC(CCCCCCCC)OS(=O)(=O)O)OS(=O)(=O)O. The Morgan fingerprint density at radius 1 is 0.295 bits per heavy atom. The Kier molecular flexibility index (Phi) is 49.4. The molecule has 0 radical (unpaired) electrons. The van der Waals surface area contributed by atoms with Crippen LogP contribution in [0.2, 0.25) is 0 Å². The van der Waals surface area contributed by atoms with E-state index >= 15 is 0 Å². The van der Waals surface area contributed by atoms with Crippen LogP contribution in [0.1, 0.15) is 310 Å². The van der Waals surface area contributed by atoms with Crippen molar-refractivity contribution in [3.8, 4) is 0 Å². The quantitative estimate of drug-likeness (QED) is 0.0221. The summed E-state index contributed by atoms with van der Waals surface area (Å²) in [4.78, 5) is 38.5. The lowest BCUT2D eigenvalue weighted by Crippen LogP contribution is -2.30. The largest absolute Gasteiger partial charge is 0.462 e. The molecule has 21 heteroatoms. The third kappa shape index (κ3) is 55.9. The first kappa shape index (κ1) is 76.0. The minimum absolute atomic E-state index is 0.127. The summed E-state index contributed by atoms with van der Waals surface area (Å²) >= 11 is 0. The van der Waals surface area contributed by atoms with Crippen LogP contribution in [0.3, 0.4) is 0 Å². The van der Waals surface area contributed by atoms with E-state index in [1.807, 2.05) is 0 Å². The Balaban J connectivity index is 4.94. The number of hydrogen-bond acceptors (Lipinski definition) is 15. The second kappa shape index (κ2) is 50.7. The van der Waals surface area contributed by atoms with Crippen molar-refractivity contribution in [1.29, 1.82) is 0 Å². The maximum atomic E-state index is 13.0. The molecule has 0 saturated carbocycles. The average Bonchev–Trinajstić information content (AvgIpc) is 3.36. The van der Waals surface area contributed by atoms with Crippen molar-refractivity contribution in [3.63, 3.8) is 0 Å². The summed E-state index contributed by atoms with van der Waals surface area (Å²) in [6.07, 6.45) is 34.5. The first-order chi connectivity index (χ1) is 37.3. The van der Waals surface area contributed by atoms with E-state index in [1.54, 1.807) is 0 Å². The highest BCUT2D eigenvalue weighted by Gasteiger charge is 2.22. The van der Waals surface area contributed by atoms with Gasteiger partial charge in [0.1, 0.15) is 13.2 Å². The first-order valence-corrected chi connectivity index (χ1v) is 34.8. The van der Waals surface area contributed by atoms with Crippen LogP contribution in [0, 0.1) is 0 Å². The average molecular weight is 1180 g/mol. The monoisotopic (exact) mass is 1180 g/mol. The Hall–Kier alpha value is -1.98. The van der Waals surface area contributed by atoms with Gasteiger partial charge < -0.3 is 14.2 Å². The van der Waals surface area contributed by atoms with Crippen LogP contribution in [0.4, 0.5) is 0 Å². The van der Waals surface area contributed by atoms with Crippen LogP contribution in [0.15, 0.2) is 0 Å². The van der Waals surface area contributed by atoms with Crippen molar-refractivity contribution in [3.05, 3.63) is 0 Å². The lowest BCUT2D eigenvalue weighted by Gasteiger charge is -2.18. The fourth-order valence-electron chi connectivity index (χ4n) is 9.62. The minimum atomic E-state index is -4.53. The van der Waals surface area contributed by atoms with E-state index in [9.17, 15) is 53.3 Å². The molecule has 0 aliphatic rings. The molecular formula is C57H110O18S3. The maximum Gasteiger partial charge on any atom is 0.397 e. The van der Waals surface area contributed by atoms with Crippen molar-refractivity contribution in [1.82, 2.24) is 0 Å². The number of carbonyl (C=O) groups is 3. The third-order valence-electron chi connectivity index (χ3n) is 14.0. The smallest absolute Gasteiger partial charge is 0.397 e. The zero-order valence-corrected chi connectivity index (χ0v) is 51.2. The molecule has 0 rings (SSSR count). The lowest BCUT2D eigenvalue weighted by atomic mass is 10.0. The normalized spacial score (nSPS) is 13.8. The highest BCUT2D eigenvalue weighted by Crippen LogP contribution is 2.22. The molecule has 0 saturated heterocycles. The van der Waals surface area contributed by atoms with Gasteiger partial charge in [-0.05, 0) is 57.8 Å². The topological polar surface area (TPSA) is 270 Å². The number of ether oxygens (including phenoxy) is 3.